The molecule has 1 saturated carbocycles. The minimum Gasteiger partial charge on any atom is -0.372 e. The van der Waals surface area contributed by atoms with Crippen molar-refractivity contribution in [3.05, 3.63) is 65.5 Å². The lowest BCUT2D eigenvalue weighted by molar-refractivity contribution is 0.441. The van der Waals surface area contributed by atoms with Crippen molar-refractivity contribution in [2.75, 3.05) is 12.4 Å². The molecule has 0 bridgehead atoms. The van der Waals surface area contributed by atoms with Gasteiger partial charge in [-0.25, -0.2) is 9.07 Å². The van der Waals surface area contributed by atoms with Gasteiger partial charge in [0.05, 0.1) is 16.9 Å². The molecule has 0 unspecified atom stereocenters. The number of nitrogens with zero attached hydrogens (tertiary/aromatic N) is 3. The SMILES string of the molecule is CC.CNc1cc(-c2ccc(C#N)c(F)c2)n(-c2ccc(C)cc2)n1.NC1CCCCC1. The first-order chi connectivity index (χ1) is 15.5. The molecule has 1 fully saturated rings. The fourth-order valence-electron chi connectivity index (χ4n) is 3.49. The molecule has 3 N–H and O–H groups in total. The maximum Gasteiger partial charge on any atom is 0.148 e. The van der Waals surface area contributed by atoms with Crippen molar-refractivity contribution in [1.82, 2.24) is 9.78 Å². The van der Waals surface area contributed by atoms with E-state index < -0.39 is 5.82 Å². The molecule has 1 heterocycles. The van der Waals surface area contributed by atoms with Crippen LogP contribution in [0.25, 0.3) is 16.9 Å². The van der Waals surface area contributed by atoms with Gasteiger partial charge < -0.3 is 11.1 Å². The van der Waals surface area contributed by atoms with E-state index in [1.165, 1.54) is 44.2 Å². The van der Waals surface area contributed by atoms with E-state index in [2.05, 4.69) is 10.4 Å². The van der Waals surface area contributed by atoms with E-state index >= 15 is 0 Å². The molecule has 1 aliphatic carbocycles. The minimum absolute atomic E-state index is 0.0315. The third kappa shape index (κ3) is 6.66. The van der Waals surface area contributed by atoms with Gasteiger partial charge in [0.2, 0.25) is 0 Å². The van der Waals surface area contributed by atoms with Gasteiger partial charge in [-0.05, 0) is 44.0 Å². The second-order valence-corrected chi connectivity index (χ2v) is 7.62. The van der Waals surface area contributed by atoms with Gasteiger partial charge in [0.15, 0.2) is 0 Å². The highest BCUT2D eigenvalue weighted by atomic mass is 19.1. The highest BCUT2D eigenvalue weighted by molar-refractivity contribution is 5.67. The number of halogens is 1. The highest BCUT2D eigenvalue weighted by Gasteiger charge is 2.13. The monoisotopic (exact) mass is 435 g/mol. The van der Waals surface area contributed by atoms with Gasteiger partial charge in [0.25, 0.3) is 0 Å². The van der Waals surface area contributed by atoms with Gasteiger partial charge in [-0.2, -0.15) is 5.26 Å². The van der Waals surface area contributed by atoms with E-state index in [0.29, 0.717) is 17.4 Å². The molecule has 4 rings (SSSR count). The third-order valence-corrected chi connectivity index (χ3v) is 5.28. The molecule has 0 amide bonds. The third-order valence-electron chi connectivity index (χ3n) is 5.28. The molecule has 0 spiro atoms. The summed E-state index contributed by atoms with van der Waals surface area (Å²) in [4.78, 5) is 0. The predicted molar refractivity (Wildman–Crippen MR) is 130 cm³/mol. The summed E-state index contributed by atoms with van der Waals surface area (Å²) in [5.74, 6) is 0.151. The molecule has 32 heavy (non-hydrogen) atoms. The second-order valence-electron chi connectivity index (χ2n) is 7.62. The zero-order valence-electron chi connectivity index (χ0n) is 19.5. The van der Waals surface area contributed by atoms with Gasteiger partial charge in [0, 0.05) is 24.7 Å². The summed E-state index contributed by atoms with van der Waals surface area (Å²) in [6, 6.07) is 16.7. The van der Waals surface area contributed by atoms with E-state index in [-0.39, 0.29) is 5.56 Å². The summed E-state index contributed by atoms with van der Waals surface area (Å²) in [6.45, 7) is 6.02. The van der Waals surface area contributed by atoms with Crippen molar-refractivity contribution in [1.29, 1.82) is 5.26 Å². The molecule has 0 aliphatic heterocycles. The van der Waals surface area contributed by atoms with Crippen LogP contribution in [0.1, 0.15) is 57.1 Å². The molecular formula is C26H34FN5. The normalized spacial score (nSPS) is 13.2. The zero-order chi connectivity index (χ0) is 23.5. The van der Waals surface area contributed by atoms with Crippen molar-refractivity contribution in [2.24, 2.45) is 5.73 Å². The number of nitrogens with two attached hydrogens (primary N) is 1. The topological polar surface area (TPSA) is 79.7 Å². The smallest absolute Gasteiger partial charge is 0.148 e. The number of hydrogen-bond acceptors (Lipinski definition) is 4. The number of hydrogen-bond donors (Lipinski definition) is 2. The van der Waals surface area contributed by atoms with E-state index in [1.807, 2.05) is 57.2 Å². The molecule has 2 aromatic carbocycles. The summed E-state index contributed by atoms with van der Waals surface area (Å²) >= 11 is 0. The first kappa shape index (κ1) is 25.1. The summed E-state index contributed by atoms with van der Waals surface area (Å²) in [5.41, 5.74) is 9.12. The predicted octanol–water partition coefficient (Wildman–Crippen LogP) is 6.20. The van der Waals surface area contributed by atoms with Crippen LogP contribution >= 0.6 is 0 Å². The fourth-order valence-corrected chi connectivity index (χ4v) is 3.49. The molecule has 3 aromatic rings. The molecule has 1 aliphatic rings. The molecular weight excluding hydrogens is 401 g/mol. The Labute approximate surface area is 191 Å². The first-order valence-corrected chi connectivity index (χ1v) is 11.3. The highest BCUT2D eigenvalue weighted by Crippen LogP contribution is 2.27. The number of aryl methyl sites for hydroxylation is 1. The molecule has 170 valence electrons. The Balaban J connectivity index is 0.000000340. The van der Waals surface area contributed by atoms with E-state index in [0.717, 1.165) is 16.9 Å². The van der Waals surface area contributed by atoms with Crippen LogP contribution in [0.15, 0.2) is 48.5 Å². The van der Waals surface area contributed by atoms with Crippen molar-refractivity contribution in [3.63, 3.8) is 0 Å². The number of rotatable bonds is 3. The summed E-state index contributed by atoms with van der Waals surface area (Å²) < 4.78 is 15.7. The first-order valence-electron chi connectivity index (χ1n) is 11.3. The lowest BCUT2D eigenvalue weighted by Crippen LogP contribution is -2.22. The van der Waals surface area contributed by atoms with Crippen LogP contribution < -0.4 is 11.1 Å². The van der Waals surface area contributed by atoms with Crippen molar-refractivity contribution >= 4 is 5.82 Å². The van der Waals surface area contributed by atoms with Crippen molar-refractivity contribution < 1.29 is 4.39 Å². The van der Waals surface area contributed by atoms with Gasteiger partial charge in [-0.3, -0.25) is 0 Å². The van der Waals surface area contributed by atoms with Crippen LogP contribution in [-0.2, 0) is 0 Å². The molecule has 0 atom stereocenters. The number of nitrogens with one attached hydrogen (secondary N) is 1. The molecule has 0 radical (unpaired) electrons. The molecule has 6 heteroatoms. The molecule has 1 aromatic heterocycles. The Bertz CT molecular complexity index is 1010. The zero-order valence-corrected chi connectivity index (χ0v) is 19.5. The van der Waals surface area contributed by atoms with E-state index in [4.69, 9.17) is 11.0 Å². The Hall–Kier alpha value is -3.17. The van der Waals surface area contributed by atoms with Crippen molar-refractivity contribution in [2.45, 2.75) is 58.9 Å². The van der Waals surface area contributed by atoms with E-state index in [1.54, 1.807) is 17.8 Å². The van der Waals surface area contributed by atoms with Crippen LogP contribution in [0.5, 0.6) is 0 Å². The number of nitriles is 1. The van der Waals surface area contributed by atoms with Crippen LogP contribution in [0.2, 0.25) is 0 Å². The number of benzene rings is 2. The molecule has 0 saturated heterocycles. The average Bonchev–Trinajstić information content (AvgIpc) is 3.26. The minimum atomic E-state index is -0.535. The average molecular weight is 436 g/mol. The standard InChI is InChI=1S/C18H15FN4.C6H13N.C2H6/c1-12-3-7-15(8-4-12)23-17(10-18(21-2)22-23)13-5-6-14(11-20)16(19)9-13;7-6-4-2-1-3-5-6;1-2/h3-10H,1-2H3,(H,21,22);6H,1-5,7H2;1-2H3. The largest absolute Gasteiger partial charge is 0.372 e. The van der Waals surface area contributed by atoms with Crippen LogP contribution in [0, 0.1) is 24.1 Å². The Kier molecular flexibility index (Phi) is 9.90. The Morgan fingerprint density at radius 2 is 1.72 bits per heavy atom. The summed E-state index contributed by atoms with van der Waals surface area (Å²) in [7, 11) is 1.78. The second kappa shape index (κ2) is 12.6. The maximum atomic E-state index is 13.9. The van der Waals surface area contributed by atoms with Gasteiger partial charge in [-0.15, -0.1) is 5.10 Å². The number of aromatic nitrogens is 2. The summed E-state index contributed by atoms with van der Waals surface area (Å²) in [6.07, 6.45) is 6.66. The lowest BCUT2D eigenvalue weighted by Gasteiger charge is -2.15. The Morgan fingerprint density at radius 1 is 1.06 bits per heavy atom. The van der Waals surface area contributed by atoms with Gasteiger partial charge in [0.1, 0.15) is 17.7 Å². The van der Waals surface area contributed by atoms with Gasteiger partial charge in [-0.1, -0.05) is 56.9 Å². The van der Waals surface area contributed by atoms with Crippen molar-refractivity contribution in [3.8, 4) is 23.0 Å². The number of anilines is 1. The Morgan fingerprint density at radius 3 is 2.22 bits per heavy atom. The summed E-state index contributed by atoms with van der Waals surface area (Å²) in [5, 5.41) is 16.4. The van der Waals surface area contributed by atoms with E-state index in [9.17, 15) is 4.39 Å². The van der Waals surface area contributed by atoms with Gasteiger partial charge >= 0.3 is 0 Å². The van der Waals surface area contributed by atoms with Crippen LogP contribution in [-0.4, -0.2) is 22.9 Å². The lowest BCUT2D eigenvalue weighted by atomic mass is 9.97. The maximum absolute atomic E-state index is 13.9. The van der Waals surface area contributed by atoms with Crippen LogP contribution in [0.3, 0.4) is 0 Å². The van der Waals surface area contributed by atoms with Crippen LogP contribution in [0.4, 0.5) is 10.2 Å². The fraction of sp³-hybridized carbons (Fsp3) is 0.385. The molecule has 5 nitrogen and oxygen atoms in total. The quantitative estimate of drug-likeness (QED) is 0.513.